The minimum Gasteiger partial charge on any atom is -0.375 e. The van der Waals surface area contributed by atoms with Gasteiger partial charge in [-0.2, -0.15) is 5.10 Å². The summed E-state index contributed by atoms with van der Waals surface area (Å²) in [7, 11) is 0. The summed E-state index contributed by atoms with van der Waals surface area (Å²) in [6.07, 6.45) is 1.51. The lowest BCUT2D eigenvalue weighted by Gasteiger charge is -2.31. The van der Waals surface area contributed by atoms with Crippen molar-refractivity contribution in [1.82, 2.24) is 15.6 Å². The molecule has 0 aromatic rings. The highest BCUT2D eigenvalue weighted by molar-refractivity contribution is 7.80. The van der Waals surface area contributed by atoms with Crippen molar-refractivity contribution in [2.75, 3.05) is 6.54 Å². The van der Waals surface area contributed by atoms with Crippen LogP contribution in [0.1, 0.15) is 6.92 Å². The van der Waals surface area contributed by atoms with Gasteiger partial charge in [0.2, 0.25) is 11.8 Å². The summed E-state index contributed by atoms with van der Waals surface area (Å²) in [5, 5.41) is 6.23. The molecule has 0 aromatic carbocycles. The van der Waals surface area contributed by atoms with E-state index in [4.69, 9.17) is 18.0 Å². The normalized spacial score (nSPS) is 20.1. The molecule has 7 nitrogen and oxygen atoms in total. The topological polar surface area (TPSA) is 99.8 Å². The van der Waals surface area contributed by atoms with E-state index in [1.807, 2.05) is 0 Å². The number of nitrogens with two attached hydrogens (primary N) is 1. The fourth-order valence-corrected chi connectivity index (χ4v) is 1.80. The van der Waals surface area contributed by atoms with Gasteiger partial charge in [0.15, 0.2) is 16.1 Å². The van der Waals surface area contributed by atoms with Crippen LogP contribution in [0.3, 0.4) is 0 Å². The maximum atomic E-state index is 12.2. The third-order valence-electron chi connectivity index (χ3n) is 2.32. The molecule has 1 rings (SSSR count). The molecular formula is C10H13N5O2S2. The van der Waals surface area contributed by atoms with E-state index < -0.39 is 17.7 Å². The Balaban J connectivity index is 2.98. The molecule has 4 N–H and O–H groups in total. The number of hydrogen-bond donors (Lipinski definition) is 3. The zero-order valence-electron chi connectivity index (χ0n) is 10.2. The van der Waals surface area contributed by atoms with Crippen LogP contribution < -0.4 is 16.5 Å². The quantitative estimate of drug-likeness (QED) is 0.207. The number of carbonyl (C=O) groups is 2. The van der Waals surface area contributed by atoms with Crippen LogP contribution in [0.25, 0.3) is 0 Å². The van der Waals surface area contributed by atoms with Gasteiger partial charge in [0.1, 0.15) is 0 Å². The molecule has 2 amide bonds. The van der Waals surface area contributed by atoms with Crippen LogP contribution in [-0.2, 0) is 9.59 Å². The largest absolute Gasteiger partial charge is 0.375 e. The molecule has 0 radical (unpaired) electrons. The standard InChI is InChI=1S/C10H13N5O2S2/c1-3-4-15-8(17)6(7(16)12-10(15)19)5(2)13-14-9(11)18/h3,6H,1,4H2,2H3,(H3,11,14,18)(H,12,16,19)/b13-5-/t6-/m0/s1. The zero-order chi connectivity index (χ0) is 14.6. The Morgan fingerprint density at radius 3 is 2.84 bits per heavy atom. The highest BCUT2D eigenvalue weighted by Gasteiger charge is 2.39. The molecule has 0 saturated carbocycles. The van der Waals surface area contributed by atoms with Gasteiger partial charge in [0, 0.05) is 6.54 Å². The first-order valence-corrected chi connectivity index (χ1v) is 6.06. The lowest BCUT2D eigenvalue weighted by Crippen LogP contribution is -2.59. The predicted molar refractivity (Wildman–Crippen MR) is 79.2 cm³/mol. The number of hydrogen-bond acceptors (Lipinski definition) is 5. The second kappa shape index (κ2) is 6.34. The minimum atomic E-state index is -1.06. The van der Waals surface area contributed by atoms with E-state index in [1.165, 1.54) is 17.9 Å². The monoisotopic (exact) mass is 299 g/mol. The molecule has 1 heterocycles. The van der Waals surface area contributed by atoms with Crippen molar-refractivity contribution in [2.24, 2.45) is 16.8 Å². The van der Waals surface area contributed by atoms with Crippen molar-refractivity contribution >= 4 is 52.2 Å². The SMILES string of the molecule is C=CCN1C(=O)[C@@H](/C(C)=N\NC(N)=S)C(=O)NC1=S. The maximum Gasteiger partial charge on any atom is 0.247 e. The molecule has 1 saturated heterocycles. The number of hydrazone groups is 1. The summed E-state index contributed by atoms with van der Waals surface area (Å²) in [6.45, 7) is 5.26. The fourth-order valence-electron chi connectivity index (χ4n) is 1.49. The van der Waals surface area contributed by atoms with Gasteiger partial charge in [0.05, 0.1) is 5.71 Å². The molecule has 1 aliphatic rings. The van der Waals surface area contributed by atoms with E-state index in [0.29, 0.717) is 0 Å². The number of amides is 2. The molecule has 0 aliphatic carbocycles. The first kappa shape index (κ1) is 15.2. The molecule has 1 fully saturated rings. The number of carbonyl (C=O) groups excluding carboxylic acids is 2. The smallest absolute Gasteiger partial charge is 0.247 e. The number of thiocarbonyl (C=S) groups is 2. The van der Waals surface area contributed by atoms with E-state index >= 15 is 0 Å². The van der Waals surface area contributed by atoms with E-state index in [-0.39, 0.29) is 22.5 Å². The Hall–Kier alpha value is -1.87. The average Bonchev–Trinajstić information content (AvgIpc) is 2.31. The molecule has 9 heteroatoms. The third-order valence-corrected chi connectivity index (χ3v) is 2.74. The first-order chi connectivity index (χ1) is 8.88. The van der Waals surface area contributed by atoms with Gasteiger partial charge in [-0.3, -0.25) is 19.9 Å². The molecule has 0 aromatic heterocycles. The highest BCUT2D eigenvalue weighted by Crippen LogP contribution is 2.12. The summed E-state index contributed by atoms with van der Waals surface area (Å²) in [4.78, 5) is 25.2. The van der Waals surface area contributed by atoms with Crippen LogP contribution >= 0.6 is 24.4 Å². The van der Waals surface area contributed by atoms with Crippen molar-refractivity contribution in [3.63, 3.8) is 0 Å². The van der Waals surface area contributed by atoms with Crippen molar-refractivity contribution in [3.05, 3.63) is 12.7 Å². The van der Waals surface area contributed by atoms with E-state index in [1.54, 1.807) is 0 Å². The minimum absolute atomic E-state index is 0.0542. The Morgan fingerprint density at radius 2 is 2.32 bits per heavy atom. The summed E-state index contributed by atoms with van der Waals surface area (Å²) in [5.74, 6) is -2.05. The summed E-state index contributed by atoms with van der Waals surface area (Å²) in [5.41, 5.74) is 7.80. The van der Waals surface area contributed by atoms with Crippen LogP contribution in [0.5, 0.6) is 0 Å². The third kappa shape index (κ3) is 3.55. The number of nitrogens with one attached hydrogen (secondary N) is 2. The molecule has 1 aliphatic heterocycles. The van der Waals surface area contributed by atoms with Gasteiger partial charge in [-0.15, -0.1) is 6.58 Å². The number of nitrogens with zero attached hydrogens (tertiary/aromatic N) is 2. The second-order valence-electron chi connectivity index (χ2n) is 3.69. The maximum absolute atomic E-state index is 12.2. The highest BCUT2D eigenvalue weighted by atomic mass is 32.1. The van der Waals surface area contributed by atoms with Crippen LogP contribution in [0.2, 0.25) is 0 Å². The molecular weight excluding hydrogens is 286 g/mol. The van der Waals surface area contributed by atoms with E-state index in [9.17, 15) is 9.59 Å². The van der Waals surface area contributed by atoms with Crippen LogP contribution in [0.15, 0.2) is 17.8 Å². The Bertz CT molecular complexity index is 488. The van der Waals surface area contributed by atoms with Crippen molar-refractivity contribution < 1.29 is 9.59 Å². The van der Waals surface area contributed by atoms with Crippen LogP contribution in [0.4, 0.5) is 0 Å². The van der Waals surface area contributed by atoms with Gasteiger partial charge >= 0.3 is 0 Å². The van der Waals surface area contributed by atoms with Gasteiger partial charge < -0.3 is 11.1 Å². The summed E-state index contributed by atoms with van der Waals surface area (Å²) < 4.78 is 0. The molecule has 102 valence electrons. The molecule has 19 heavy (non-hydrogen) atoms. The predicted octanol–water partition coefficient (Wildman–Crippen LogP) is -0.759. The second-order valence-corrected chi connectivity index (χ2v) is 4.52. The molecule has 0 bridgehead atoms. The van der Waals surface area contributed by atoms with Crippen LogP contribution in [-0.4, -0.2) is 39.2 Å². The average molecular weight is 299 g/mol. The van der Waals surface area contributed by atoms with Crippen molar-refractivity contribution in [2.45, 2.75) is 6.92 Å². The fraction of sp³-hybridized carbons (Fsp3) is 0.300. The Kier molecular flexibility index (Phi) is 5.07. The zero-order valence-corrected chi connectivity index (χ0v) is 11.8. The molecule has 0 unspecified atom stereocenters. The van der Waals surface area contributed by atoms with Crippen LogP contribution in [0, 0.1) is 5.92 Å². The van der Waals surface area contributed by atoms with Gasteiger partial charge in [-0.05, 0) is 31.4 Å². The van der Waals surface area contributed by atoms with E-state index in [2.05, 4.69) is 34.6 Å². The summed E-state index contributed by atoms with van der Waals surface area (Å²) >= 11 is 9.51. The van der Waals surface area contributed by atoms with Crippen molar-refractivity contribution in [3.8, 4) is 0 Å². The Labute approximate surface area is 120 Å². The van der Waals surface area contributed by atoms with Gasteiger partial charge in [-0.25, -0.2) is 0 Å². The molecule has 0 spiro atoms. The lowest BCUT2D eigenvalue weighted by atomic mass is 10.00. The Morgan fingerprint density at radius 1 is 1.68 bits per heavy atom. The molecule has 1 atom stereocenters. The van der Waals surface area contributed by atoms with Gasteiger partial charge in [-0.1, -0.05) is 6.08 Å². The lowest BCUT2D eigenvalue weighted by molar-refractivity contribution is -0.137. The van der Waals surface area contributed by atoms with E-state index in [0.717, 1.165) is 0 Å². The van der Waals surface area contributed by atoms with Gasteiger partial charge in [0.25, 0.3) is 0 Å². The number of rotatable bonds is 4. The first-order valence-electron chi connectivity index (χ1n) is 5.25. The van der Waals surface area contributed by atoms with Crippen molar-refractivity contribution in [1.29, 1.82) is 0 Å². The summed E-state index contributed by atoms with van der Waals surface area (Å²) in [6, 6.07) is 0.